The third-order valence-electron chi connectivity index (χ3n) is 5.18. The summed E-state index contributed by atoms with van der Waals surface area (Å²) in [6, 6.07) is 10.00. The zero-order valence-electron chi connectivity index (χ0n) is 15.8. The molecule has 2 atom stereocenters. The van der Waals surface area contributed by atoms with E-state index in [-0.39, 0.29) is 0 Å². The Morgan fingerprint density at radius 1 is 0.800 bits per heavy atom. The minimum absolute atomic E-state index is 0.482. The first-order valence-electron chi connectivity index (χ1n) is 9.72. The van der Waals surface area contributed by atoms with Gasteiger partial charge in [-0.1, -0.05) is 40.2 Å². The van der Waals surface area contributed by atoms with Crippen molar-refractivity contribution in [1.29, 1.82) is 0 Å². The fourth-order valence-corrected chi connectivity index (χ4v) is 3.86. The summed E-state index contributed by atoms with van der Waals surface area (Å²) in [6.45, 7) is 11.0. The molecule has 0 spiro atoms. The summed E-state index contributed by atoms with van der Waals surface area (Å²) in [7, 11) is 0. The second-order valence-corrected chi connectivity index (χ2v) is 7.72. The lowest BCUT2D eigenvalue weighted by molar-refractivity contribution is 0.289. The fraction of sp³-hybridized carbons (Fsp3) is 0.700. The molecule has 1 aromatic rings. The third-order valence-corrected chi connectivity index (χ3v) is 5.82. The molecular weight excluding hydrogens is 376 g/mol. The minimum Gasteiger partial charge on any atom is -0.315 e. The van der Waals surface area contributed by atoms with Crippen LogP contribution in [0.5, 0.6) is 0 Å². The Balaban J connectivity index is 1.99. The predicted molar refractivity (Wildman–Crippen MR) is 112 cm³/mol. The van der Waals surface area contributed by atoms with Gasteiger partial charge in [-0.2, -0.15) is 0 Å². The second-order valence-electron chi connectivity index (χ2n) is 7.16. The summed E-state index contributed by atoms with van der Waals surface area (Å²) in [5.74, 6) is 0.567. The van der Waals surface area contributed by atoms with Gasteiger partial charge < -0.3 is 21.3 Å². The lowest BCUT2D eigenvalue weighted by atomic mass is 9.87. The monoisotopic (exact) mass is 410 g/mol. The van der Waals surface area contributed by atoms with Gasteiger partial charge in [0.15, 0.2) is 0 Å². The summed E-state index contributed by atoms with van der Waals surface area (Å²) in [6.07, 6.45) is 2.30. The van der Waals surface area contributed by atoms with E-state index < -0.39 is 0 Å². The van der Waals surface area contributed by atoms with E-state index in [9.17, 15) is 0 Å². The molecule has 1 fully saturated rings. The largest absolute Gasteiger partial charge is 0.315 e. The van der Waals surface area contributed by atoms with E-state index in [0.29, 0.717) is 18.0 Å². The van der Waals surface area contributed by atoms with E-state index in [0.717, 1.165) is 51.0 Å². The molecule has 4 nitrogen and oxygen atoms in total. The SMILES string of the molecule is CC1NCCNCCCNCCNC(C)C1Cc1ccc(CBr)cc1. The Hall–Kier alpha value is -0.460. The van der Waals surface area contributed by atoms with Gasteiger partial charge in [-0.05, 0) is 56.8 Å². The van der Waals surface area contributed by atoms with Crippen LogP contribution in [0.2, 0.25) is 0 Å². The van der Waals surface area contributed by atoms with Crippen LogP contribution in [0.4, 0.5) is 0 Å². The lowest BCUT2D eigenvalue weighted by Crippen LogP contribution is -2.48. The van der Waals surface area contributed by atoms with Gasteiger partial charge in [-0.25, -0.2) is 0 Å². The summed E-state index contributed by atoms with van der Waals surface area (Å²) in [4.78, 5) is 0. The van der Waals surface area contributed by atoms with Gasteiger partial charge in [0.2, 0.25) is 0 Å². The van der Waals surface area contributed by atoms with E-state index in [1.807, 2.05) is 0 Å². The fourth-order valence-electron chi connectivity index (χ4n) is 3.49. The van der Waals surface area contributed by atoms with Crippen molar-refractivity contribution in [2.45, 2.75) is 44.1 Å². The third kappa shape index (κ3) is 7.75. The molecule has 2 rings (SSSR count). The van der Waals surface area contributed by atoms with Crippen LogP contribution in [-0.4, -0.2) is 51.4 Å². The van der Waals surface area contributed by atoms with Crippen LogP contribution in [-0.2, 0) is 11.8 Å². The van der Waals surface area contributed by atoms with Gasteiger partial charge in [-0.3, -0.25) is 0 Å². The highest BCUT2D eigenvalue weighted by Crippen LogP contribution is 2.18. The average molecular weight is 411 g/mol. The van der Waals surface area contributed by atoms with Crippen LogP contribution >= 0.6 is 15.9 Å². The van der Waals surface area contributed by atoms with Crippen molar-refractivity contribution in [3.05, 3.63) is 35.4 Å². The second kappa shape index (κ2) is 12.0. The number of halogens is 1. The Labute approximate surface area is 162 Å². The highest BCUT2D eigenvalue weighted by Gasteiger charge is 2.23. The van der Waals surface area contributed by atoms with Crippen LogP contribution in [0, 0.1) is 5.92 Å². The summed E-state index contributed by atoms with van der Waals surface area (Å²) in [5.41, 5.74) is 2.76. The van der Waals surface area contributed by atoms with Gasteiger partial charge in [0, 0.05) is 43.6 Å². The Morgan fingerprint density at radius 3 is 1.84 bits per heavy atom. The van der Waals surface area contributed by atoms with Crippen molar-refractivity contribution >= 4 is 15.9 Å². The Morgan fingerprint density at radius 2 is 1.32 bits per heavy atom. The molecule has 142 valence electrons. The number of nitrogens with one attached hydrogen (secondary N) is 4. The molecule has 25 heavy (non-hydrogen) atoms. The Bertz CT molecular complexity index is 447. The van der Waals surface area contributed by atoms with Crippen molar-refractivity contribution in [2.75, 3.05) is 39.3 Å². The highest BCUT2D eigenvalue weighted by atomic mass is 79.9. The first-order chi connectivity index (χ1) is 12.2. The molecule has 0 bridgehead atoms. The minimum atomic E-state index is 0.482. The maximum Gasteiger partial charge on any atom is 0.0283 e. The number of rotatable bonds is 3. The molecule has 2 unspecified atom stereocenters. The molecule has 1 saturated heterocycles. The van der Waals surface area contributed by atoms with E-state index in [2.05, 4.69) is 75.3 Å². The molecule has 0 radical (unpaired) electrons. The van der Waals surface area contributed by atoms with E-state index in [1.54, 1.807) is 0 Å². The van der Waals surface area contributed by atoms with Gasteiger partial charge in [0.05, 0.1) is 0 Å². The average Bonchev–Trinajstić information content (AvgIpc) is 2.63. The summed E-state index contributed by atoms with van der Waals surface area (Å²) in [5, 5.41) is 15.4. The maximum absolute atomic E-state index is 3.73. The topological polar surface area (TPSA) is 48.1 Å². The van der Waals surface area contributed by atoms with E-state index in [1.165, 1.54) is 17.5 Å². The predicted octanol–water partition coefficient (Wildman–Crippen LogP) is 2.28. The molecule has 5 heteroatoms. The van der Waals surface area contributed by atoms with Crippen LogP contribution in [0.15, 0.2) is 24.3 Å². The van der Waals surface area contributed by atoms with Gasteiger partial charge in [-0.15, -0.1) is 0 Å². The van der Waals surface area contributed by atoms with Gasteiger partial charge in [0.25, 0.3) is 0 Å². The summed E-state index contributed by atoms with van der Waals surface area (Å²) >= 11 is 3.53. The smallest absolute Gasteiger partial charge is 0.0283 e. The molecule has 1 aliphatic heterocycles. The van der Waals surface area contributed by atoms with E-state index >= 15 is 0 Å². The van der Waals surface area contributed by atoms with Crippen LogP contribution < -0.4 is 21.3 Å². The molecule has 0 amide bonds. The number of hydrogen-bond donors (Lipinski definition) is 4. The molecule has 1 heterocycles. The Kier molecular flexibility index (Phi) is 10.0. The summed E-state index contributed by atoms with van der Waals surface area (Å²) < 4.78 is 0. The zero-order valence-corrected chi connectivity index (χ0v) is 17.4. The van der Waals surface area contributed by atoms with Gasteiger partial charge in [0.1, 0.15) is 0 Å². The normalized spacial score (nSPS) is 27.6. The highest BCUT2D eigenvalue weighted by molar-refractivity contribution is 9.08. The van der Waals surface area contributed by atoms with Crippen molar-refractivity contribution in [2.24, 2.45) is 5.92 Å². The standard InChI is InChI=1S/C20H35BrN4/c1-16-20(14-18-4-6-19(15-21)7-5-18)17(2)25-13-11-23-9-3-8-22-10-12-24-16/h4-7,16-17,20,22-25H,3,8-15H2,1-2H3. The molecule has 0 saturated carbocycles. The number of benzene rings is 1. The number of alkyl halides is 1. The van der Waals surface area contributed by atoms with Gasteiger partial charge >= 0.3 is 0 Å². The number of hydrogen-bond acceptors (Lipinski definition) is 4. The van der Waals surface area contributed by atoms with Crippen LogP contribution in [0.25, 0.3) is 0 Å². The zero-order chi connectivity index (χ0) is 17.9. The van der Waals surface area contributed by atoms with E-state index in [4.69, 9.17) is 0 Å². The van der Waals surface area contributed by atoms with Crippen LogP contribution in [0.1, 0.15) is 31.4 Å². The van der Waals surface area contributed by atoms with Crippen molar-refractivity contribution in [1.82, 2.24) is 21.3 Å². The van der Waals surface area contributed by atoms with Crippen molar-refractivity contribution in [3.8, 4) is 0 Å². The molecule has 0 aliphatic carbocycles. The quantitative estimate of drug-likeness (QED) is 0.577. The van der Waals surface area contributed by atoms with Crippen molar-refractivity contribution in [3.63, 3.8) is 0 Å². The molecule has 0 aromatic heterocycles. The first-order valence-corrected chi connectivity index (χ1v) is 10.8. The molecular formula is C20H35BrN4. The lowest BCUT2D eigenvalue weighted by Gasteiger charge is -2.32. The van der Waals surface area contributed by atoms with Crippen LogP contribution in [0.3, 0.4) is 0 Å². The first kappa shape index (κ1) is 20.8. The molecule has 1 aromatic carbocycles. The maximum atomic E-state index is 3.73. The molecule has 4 N–H and O–H groups in total. The van der Waals surface area contributed by atoms with Crippen molar-refractivity contribution < 1.29 is 0 Å². The molecule has 1 aliphatic rings.